The van der Waals surface area contributed by atoms with Crippen molar-refractivity contribution in [1.29, 1.82) is 0 Å². The van der Waals surface area contributed by atoms with Crippen molar-refractivity contribution in [3.8, 4) is 0 Å². The zero-order chi connectivity index (χ0) is 13.7. The molecular weight excluding hydrogens is 364 g/mol. The summed E-state index contributed by atoms with van der Waals surface area (Å²) in [7, 11) is 0. The maximum atomic E-state index is 12.0. The van der Waals surface area contributed by atoms with Crippen LogP contribution in [0.2, 0.25) is 0 Å². The van der Waals surface area contributed by atoms with Gasteiger partial charge in [0.15, 0.2) is 0 Å². The van der Waals surface area contributed by atoms with E-state index in [0.29, 0.717) is 25.3 Å². The molecule has 0 aliphatic carbocycles. The first-order chi connectivity index (χ1) is 8.45. The average molecular weight is 382 g/mol. The van der Waals surface area contributed by atoms with Gasteiger partial charge in [0, 0.05) is 13.0 Å². The monoisotopic (exact) mass is 380 g/mol. The van der Waals surface area contributed by atoms with Gasteiger partial charge in [0.05, 0.1) is 3.39 Å². The Morgan fingerprint density at radius 3 is 2.72 bits per heavy atom. The molecule has 0 aromatic rings. The maximum absolute atomic E-state index is 12.0. The first-order valence-corrected chi connectivity index (χ1v) is 7.66. The van der Waals surface area contributed by atoms with Crippen molar-refractivity contribution in [2.24, 2.45) is 11.7 Å². The molecule has 0 saturated carbocycles. The molecule has 2 N–H and O–H groups in total. The van der Waals surface area contributed by atoms with Crippen molar-refractivity contribution < 1.29 is 9.59 Å². The highest BCUT2D eigenvalue weighted by molar-refractivity contribution is 9.28. The van der Waals surface area contributed by atoms with Gasteiger partial charge < -0.3 is 10.6 Å². The van der Waals surface area contributed by atoms with Crippen LogP contribution in [0.25, 0.3) is 0 Å². The summed E-state index contributed by atoms with van der Waals surface area (Å²) in [6.07, 6.45) is 4.77. The highest BCUT2D eigenvalue weighted by Crippen LogP contribution is 2.26. The van der Waals surface area contributed by atoms with Crippen LogP contribution in [0.4, 0.5) is 0 Å². The third-order valence-electron chi connectivity index (χ3n) is 3.24. The van der Waals surface area contributed by atoms with E-state index in [4.69, 9.17) is 5.73 Å². The largest absolute Gasteiger partial charge is 0.368 e. The Labute approximate surface area is 124 Å². The quantitative estimate of drug-likeness (QED) is 0.813. The lowest BCUT2D eigenvalue weighted by Gasteiger charge is -2.27. The summed E-state index contributed by atoms with van der Waals surface area (Å²) >= 11 is 6.67. The van der Waals surface area contributed by atoms with Crippen molar-refractivity contribution in [3.63, 3.8) is 0 Å². The smallest absolute Gasteiger partial charge is 0.240 e. The van der Waals surface area contributed by atoms with Crippen LogP contribution in [-0.2, 0) is 9.59 Å². The van der Waals surface area contributed by atoms with Crippen molar-refractivity contribution in [3.05, 3.63) is 9.47 Å². The van der Waals surface area contributed by atoms with Gasteiger partial charge in [0.25, 0.3) is 0 Å². The van der Waals surface area contributed by atoms with Crippen LogP contribution >= 0.6 is 31.9 Å². The van der Waals surface area contributed by atoms with E-state index < -0.39 is 11.9 Å². The van der Waals surface area contributed by atoms with Gasteiger partial charge in [0.1, 0.15) is 6.04 Å². The summed E-state index contributed by atoms with van der Waals surface area (Å²) in [5.41, 5.74) is 5.35. The number of carbonyl (C=O) groups excluding carboxylic acids is 2. The minimum Gasteiger partial charge on any atom is -0.368 e. The fourth-order valence-electron chi connectivity index (χ4n) is 2.28. The summed E-state index contributed by atoms with van der Waals surface area (Å²) in [5, 5.41) is 0. The zero-order valence-electron chi connectivity index (χ0n) is 10.4. The Morgan fingerprint density at radius 2 is 2.22 bits per heavy atom. The van der Waals surface area contributed by atoms with Crippen molar-refractivity contribution in [2.75, 3.05) is 6.54 Å². The molecule has 1 aliphatic heterocycles. The SMILES string of the molecule is CCC(C(N)=O)N1CCC(C=C(Br)Br)CCC1=O. The maximum Gasteiger partial charge on any atom is 0.240 e. The van der Waals surface area contributed by atoms with Crippen molar-refractivity contribution >= 4 is 43.7 Å². The second-order valence-corrected chi connectivity index (χ2v) is 7.23. The topological polar surface area (TPSA) is 63.4 Å². The highest BCUT2D eigenvalue weighted by Gasteiger charge is 2.29. The van der Waals surface area contributed by atoms with Crippen LogP contribution in [0.1, 0.15) is 32.6 Å². The normalized spacial score (nSPS) is 22.3. The molecule has 1 aliphatic rings. The predicted molar refractivity (Wildman–Crippen MR) is 78.3 cm³/mol. The van der Waals surface area contributed by atoms with E-state index in [1.54, 1.807) is 4.90 Å². The lowest BCUT2D eigenvalue weighted by Crippen LogP contribution is -2.47. The summed E-state index contributed by atoms with van der Waals surface area (Å²) in [6.45, 7) is 2.47. The molecular formula is C12H18Br2N2O2. The molecule has 0 spiro atoms. The zero-order valence-corrected chi connectivity index (χ0v) is 13.5. The average Bonchev–Trinajstić information content (AvgIpc) is 2.44. The van der Waals surface area contributed by atoms with Crippen molar-refractivity contribution in [1.82, 2.24) is 4.90 Å². The summed E-state index contributed by atoms with van der Waals surface area (Å²) < 4.78 is 0.905. The first-order valence-electron chi connectivity index (χ1n) is 6.07. The number of nitrogens with two attached hydrogens (primary N) is 1. The highest BCUT2D eigenvalue weighted by atomic mass is 79.9. The third kappa shape index (κ3) is 4.39. The van der Waals surface area contributed by atoms with Crippen molar-refractivity contribution in [2.45, 2.75) is 38.6 Å². The number of hydrogen-bond acceptors (Lipinski definition) is 2. The molecule has 0 radical (unpaired) electrons. The number of rotatable bonds is 4. The molecule has 2 amide bonds. The number of likely N-dealkylation sites (tertiary alicyclic amines) is 1. The molecule has 1 fully saturated rings. The van der Waals surface area contributed by atoms with Gasteiger partial charge in [-0.3, -0.25) is 9.59 Å². The Kier molecular flexibility index (Phi) is 6.35. The van der Waals surface area contributed by atoms with Crippen LogP contribution in [0.3, 0.4) is 0 Å². The van der Waals surface area contributed by atoms with Gasteiger partial charge in [-0.1, -0.05) is 13.0 Å². The molecule has 1 heterocycles. The molecule has 0 bridgehead atoms. The minimum atomic E-state index is -0.465. The number of hydrogen-bond donors (Lipinski definition) is 1. The molecule has 1 saturated heterocycles. The van der Waals surface area contributed by atoms with E-state index >= 15 is 0 Å². The van der Waals surface area contributed by atoms with Gasteiger partial charge in [-0.2, -0.15) is 0 Å². The fraction of sp³-hybridized carbons (Fsp3) is 0.667. The Hall–Kier alpha value is -0.360. The predicted octanol–water partition coefficient (Wildman–Crippen LogP) is 2.51. The van der Waals surface area contributed by atoms with Gasteiger partial charge in [-0.15, -0.1) is 0 Å². The lowest BCUT2D eigenvalue weighted by molar-refractivity contribution is -0.139. The standard InChI is InChI=1S/C12H18Br2N2O2/c1-2-9(12(15)18)16-6-5-8(7-10(13)14)3-4-11(16)17/h7-9H,2-6H2,1H3,(H2,15,18). The minimum absolute atomic E-state index is 0.0299. The van der Waals surface area contributed by atoms with Crippen LogP contribution in [0.15, 0.2) is 9.47 Å². The summed E-state index contributed by atoms with van der Waals surface area (Å²) in [4.78, 5) is 25.0. The molecule has 102 valence electrons. The summed E-state index contributed by atoms with van der Waals surface area (Å²) in [5.74, 6) is -0.0400. The molecule has 2 unspecified atom stereocenters. The van der Waals surface area contributed by atoms with E-state index in [9.17, 15) is 9.59 Å². The van der Waals surface area contributed by atoms with E-state index in [1.807, 2.05) is 6.92 Å². The number of nitrogens with zero attached hydrogens (tertiary/aromatic N) is 1. The second-order valence-electron chi connectivity index (χ2n) is 4.46. The van der Waals surface area contributed by atoms with E-state index in [1.165, 1.54) is 0 Å². The van der Waals surface area contributed by atoms with Gasteiger partial charge >= 0.3 is 0 Å². The van der Waals surface area contributed by atoms with E-state index in [2.05, 4.69) is 37.9 Å². The molecule has 4 nitrogen and oxygen atoms in total. The van der Waals surface area contributed by atoms with Gasteiger partial charge in [-0.25, -0.2) is 0 Å². The molecule has 2 atom stereocenters. The van der Waals surface area contributed by atoms with Gasteiger partial charge in [0.2, 0.25) is 11.8 Å². The van der Waals surface area contributed by atoms with Crippen LogP contribution in [0.5, 0.6) is 0 Å². The number of primary amides is 1. The molecule has 18 heavy (non-hydrogen) atoms. The van der Waals surface area contributed by atoms with Crippen LogP contribution < -0.4 is 5.73 Å². The third-order valence-corrected chi connectivity index (χ3v) is 3.77. The van der Waals surface area contributed by atoms with Gasteiger partial charge in [-0.05, 0) is 57.0 Å². The van der Waals surface area contributed by atoms with Crippen LogP contribution in [0, 0.1) is 5.92 Å². The van der Waals surface area contributed by atoms with E-state index in [0.717, 1.165) is 16.2 Å². The number of allylic oxidation sites excluding steroid dienone is 1. The Morgan fingerprint density at radius 1 is 1.56 bits per heavy atom. The number of amides is 2. The molecule has 0 aromatic carbocycles. The first kappa shape index (κ1) is 15.7. The molecule has 1 rings (SSSR count). The molecule has 6 heteroatoms. The summed E-state index contributed by atoms with van der Waals surface area (Å²) in [6, 6.07) is -0.465. The molecule has 0 aromatic heterocycles. The van der Waals surface area contributed by atoms with E-state index in [-0.39, 0.29) is 5.91 Å². The number of carbonyl (C=O) groups is 2. The second kappa shape index (κ2) is 7.28. The van der Waals surface area contributed by atoms with Crippen LogP contribution in [-0.4, -0.2) is 29.3 Å². The Bertz CT molecular complexity index is 354. The lowest BCUT2D eigenvalue weighted by atomic mass is 10.0. The Balaban J connectivity index is 2.75. The number of halogens is 2. The fourth-order valence-corrected chi connectivity index (χ4v) is 3.02.